The fourth-order valence-electron chi connectivity index (χ4n) is 3.20. The van der Waals surface area contributed by atoms with Gasteiger partial charge in [0.15, 0.2) is 0 Å². The summed E-state index contributed by atoms with van der Waals surface area (Å²) in [5.41, 5.74) is -0.357. The van der Waals surface area contributed by atoms with Gasteiger partial charge < -0.3 is 0 Å². The highest BCUT2D eigenvalue weighted by atomic mass is 19.1. The number of benzene rings is 1. The Morgan fingerprint density at radius 2 is 2.14 bits per heavy atom. The van der Waals surface area contributed by atoms with Gasteiger partial charge in [-0.1, -0.05) is 13.3 Å². The second kappa shape index (κ2) is 6.21. The molecular weight excluding hydrogens is 271 g/mol. The fraction of sp³-hybridized carbons (Fsp3) is 0.562. The van der Waals surface area contributed by atoms with Gasteiger partial charge in [-0.05, 0) is 50.2 Å². The Bertz CT molecular complexity index is 572. The average Bonchev–Trinajstić information content (AvgIpc) is 2.47. The Morgan fingerprint density at radius 1 is 1.48 bits per heavy atom. The molecule has 0 spiro atoms. The van der Waals surface area contributed by atoms with E-state index in [0.717, 1.165) is 38.2 Å². The quantitative estimate of drug-likeness (QED) is 0.610. The van der Waals surface area contributed by atoms with Crippen molar-refractivity contribution in [3.8, 4) is 6.07 Å². The van der Waals surface area contributed by atoms with Gasteiger partial charge in [-0.15, -0.1) is 0 Å². The van der Waals surface area contributed by atoms with E-state index in [0.29, 0.717) is 11.5 Å². The first-order valence-corrected chi connectivity index (χ1v) is 7.34. The standard InChI is InChI=1S/C16H19FN2O2/c1-2-12-5-7-16(11-18,8-6-12)10-13-9-14(17)3-4-15(13)19(20)21/h3-4,9,12H,2,5-8,10H2,1H3. The molecule has 0 N–H and O–H groups in total. The molecule has 1 fully saturated rings. The molecule has 21 heavy (non-hydrogen) atoms. The van der Waals surface area contributed by atoms with Crippen molar-refractivity contribution < 1.29 is 9.31 Å². The molecule has 0 heterocycles. The minimum absolute atomic E-state index is 0.0939. The van der Waals surface area contributed by atoms with Gasteiger partial charge >= 0.3 is 0 Å². The van der Waals surface area contributed by atoms with Crippen LogP contribution in [0.25, 0.3) is 0 Å². The van der Waals surface area contributed by atoms with Crippen molar-refractivity contribution in [2.24, 2.45) is 11.3 Å². The lowest BCUT2D eigenvalue weighted by Gasteiger charge is -2.34. The molecule has 0 atom stereocenters. The second-order valence-corrected chi connectivity index (χ2v) is 5.95. The van der Waals surface area contributed by atoms with Gasteiger partial charge in [-0.3, -0.25) is 10.1 Å². The zero-order chi connectivity index (χ0) is 15.5. The lowest BCUT2D eigenvalue weighted by atomic mass is 9.68. The van der Waals surface area contributed by atoms with Crippen LogP contribution in [0.5, 0.6) is 0 Å². The van der Waals surface area contributed by atoms with Crippen LogP contribution in [0.2, 0.25) is 0 Å². The average molecular weight is 290 g/mol. The van der Waals surface area contributed by atoms with Gasteiger partial charge in [0.2, 0.25) is 0 Å². The Balaban J connectivity index is 2.26. The summed E-state index contributed by atoms with van der Waals surface area (Å²) in [5.74, 6) is 0.139. The number of nitrogens with zero attached hydrogens (tertiary/aromatic N) is 2. The van der Waals surface area contributed by atoms with E-state index < -0.39 is 16.2 Å². The van der Waals surface area contributed by atoms with E-state index in [1.54, 1.807) is 0 Å². The molecule has 112 valence electrons. The van der Waals surface area contributed by atoms with Crippen molar-refractivity contribution in [1.29, 1.82) is 5.26 Å². The lowest BCUT2D eigenvalue weighted by Crippen LogP contribution is -2.28. The SMILES string of the molecule is CCC1CCC(C#N)(Cc2cc(F)ccc2[N+](=O)[O-])CC1. The van der Waals surface area contributed by atoms with E-state index >= 15 is 0 Å². The van der Waals surface area contributed by atoms with Crippen LogP contribution < -0.4 is 0 Å². The number of rotatable bonds is 4. The van der Waals surface area contributed by atoms with Crippen molar-refractivity contribution in [2.45, 2.75) is 45.4 Å². The summed E-state index contributed by atoms with van der Waals surface area (Å²) in [5, 5.41) is 20.6. The molecular formula is C16H19FN2O2. The highest BCUT2D eigenvalue weighted by Gasteiger charge is 2.37. The Kier molecular flexibility index (Phi) is 4.56. The van der Waals surface area contributed by atoms with Gasteiger partial charge in [-0.2, -0.15) is 5.26 Å². The zero-order valence-corrected chi connectivity index (χ0v) is 12.1. The third kappa shape index (κ3) is 3.38. The fourth-order valence-corrected chi connectivity index (χ4v) is 3.20. The maximum atomic E-state index is 13.4. The molecule has 1 aromatic carbocycles. The van der Waals surface area contributed by atoms with Crippen LogP contribution in [-0.2, 0) is 6.42 Å². The smallest absolute Gasteiger partial charge is 0.258 e. The first-order valence-electron chi connectivity index (χ1n) is 7.34. The molecule has 0 bridgehead atoms. The molecule has 1 aliphatic rings. The minimum Gasteiger partial charge on any atom is -0.258 e. The van der Waals surface area contributed by atoms with Crippen molar-refractivity contribution >= 4 is 5.69 Å². The Hall–Kier alpha value is -1.96. The largest absolute Gasteiger partial charge is 0.272 e. The van der Waals surface area contributed by atoms with Gasteiger partial charge in [0, 0.05) is 11.6 Å². The van der Waals surface area contributed by atoms with E-state index in [4.69, 9.17) is 0 Å². The van der Waals surface area contributed by atoms with Crippen molar-refractivity contribution in [3.63, 3.8) is 0 Å². The molecule has 5 heteroatoms. The lowest BCUT2D eigenvalue weighted by molar-refractivity contribution is -0.385. The summed E-state index contributed by atoms with van der Waals surface area (Å²) in [4.78, 5) is 10.6. The number of hydrogen-bond acceptors (Lipinski definition) is 3. The maximum Gasteiger partial charge on any atom is 0.272 e. The van der Waals surface area contributed by atoms with Crippen molar-refractivity contribution in [2.75, 3.05) is 0 Å². The van der Waals surface area contributed by atoms with Crippen LogP contribution >= 0.6 is 0 Å². The summed E-state index contributed by atoms with van der Waals surface area (Å²) in [7, 11) is 0. The minimum atomic E-state index is -0.593. The van der Waals surface area contributed by atoms with E-state index in [2.05, 4.69) is 13.0 Å². The molecule has 0 saturated heterocycles. The van der Waals surface area contributed by atoms with Crippen LogP contribution in [0, 0.1) is 38.6 Å². The van der Waals surface area contributed by atoms with Gasteiger partial charge in [-0.25, -0.2) is 4.39 Å². The summed E-state index contributed by atoms with van der Waals surface area (Å²) >= 11 is 0. The van der Waals surface area contributed by atoms with Crippen molar-refractivity contribution in [3.05, 3.63) is 39.7 Å². The molecule has 0 aliphatic heterocycles. The van der Waals surface area contributed by atoms with Crippen LogP contribution in [0.1, 0.15) is 44.6 Å². The molecule has 1 saturated carbocycles. The first kappa shape index (κ1) is 15.4. The molecule has 1 aromatic rings. The molecule has 1 aliphatic carbocycles. The van der Waals surface area contributed by atoms with Crippen molar-refractivity contribution in [1.82, 2.24) is 0 Å². The van der Waals surface area contributed by atoms with E-state index in [1.165, 1.54) is 12.1 Å². The van der Waals surface area contributed by atoms with E-state index in [1.807, 2.05) is 0 Å². The number of halogens is 1. The molecule has 2 rings (SSSR count). The second-order valence-electron chi connectivity index (χ2n) is 5.95. The Morgan fingerprint density at radius 3 is 2.67 bits per heavy atom. The summed E-state index contributed by atoms with van der Waals surface area (Å²) in [6, 6.07) is 5.83. The number of nitro groups is 1. The monoisotopic (exact) mass is 290 g/mol. The van der Waals surface area contributed by atoms with Gasteiger partial charge in [0.25, 0.3) is 5.69 Å². The molecule has 0 unspecified atom stereocenters. The molecule has 0 radical (unpaired) electrons. The number of hydrogen-bond donors (Lipinski definition) is 0. The van der Waals surface area contributed by atoms with Crippen LogP contribution in [0.4, 0.5) is 10.1 Å². The first-order chi connectivity index (χ1) is 9.99. The Labute approximate surface area is 123 Å². The predicted molar refractivity (Wildman–Crippen MR) is 77.1 cm³/mol. The van der Waals surface area contributed by atoms with Gasteiger partial charge in [0.1, 0.15) is 5.82 Å². The highest BCUT2D eigenvalue weighted by Crippen LogP contribution is 2.43. The predicted octanol–water partition coefficient (Wildman–Crippen LogP) is 4.39. The van der Waals surface area contributed by atoms with E-state index in [9.17, 15) is 19.8 Å². The van der Waals surface area contributed by atoms with Gasteiger partial charge in [0.05, 0.1) is 16.4 Å². The van der Waals surface area contributed by atoms with E-state index in [-0.39, 0.29) is 12.1 Å². The van der Waals surface area contributed by atoms with Crippen LogP contribution in [0.3, 0.4) is 0 Å². The van der Waals surface area contributed by atoms with Crippen LogP contribution in [-0.4, -0.2) is 4.92 Å². The number of nitriles is 1. The number of nitro benzene ring substituents is 1. The zero-order valence-electron chi connectivity index (χ0n) is 12.1. The third-order valence-electron chi connectivity index (χ3n) is 4.64. The summed E-state index contributed by atoms with van der Waals surface area (Å²) in [6.45, 7) is 2.14. The normalized spacial score (nSPS) is 25.3. The third-order valence-corrected chi connectivity index (χ3v) is 4.64. The topological polar surface area (TPSA) is 66.9 Å². The summed E-state index contributed by atoms with van der Waals surface area (Å²) in [6.07, 6.45) is 4.75. The molecule has 0 amide bonds. The molecule has 4 nitrogen and oxygen atoms in total. The highest BCUT2D eigenvalue weighted by molar-refractivity contribution is 5.41. The maximum absolute atomic E-state index is 13.4. The molecule has 0 aromatic heterocycles. The summed E-state index contributed by atoms with van der Waals surface area (Å²) < 4.78 is 13.4. The van der Waals surface area contributed by atoms with Crippen LogP contribution in [0.15, 0.2) is 18.2 Å².